The summed E-state index contributed by atoms with van der Waals surface area (Å²) in [7, 11) is 0. The van der Waals surface area contributed by atoms with Crippen LogP contribution in [0, 0.1) is 0 Å². The van der Waals surface area contributed by atoms with Crippen LogP contribution in [0.3, 0.4) is 0 Å². The van der Waals surface area contributed by atoms with Crippen LogP contribution < -0.4 is 0 Å². The Hall–Kier alpha value is -0.630. The van der Waals surface area contributed by atoms with Crippen LogP contribution in [-0.2, 0) is 6.42 Å². The molecule has 0 atom stereocenters. The quantitative estimate of drug-likeness (QED) is 0.778. The van der Waals surface area contributed by atoms with E-state index in [0.717, 1.165) is 17.4 Å². The number of hydrogen-bond donors (Lipinski definition) is 0. The van der Waals surface area contributed by atoms with Gasteiger partial charge in [0.2, 0.25) is 0 Å². The van der Waals surface area contributed by atoms with Crippen LogP contribution in [-0.4, -0.2) is 12.3 Å². The summed E-state index contributed by atoms with van der Waals surface area (Å²) < 4.78 is 1.15. The summed E-state index contributed by atoms with van der Waals surface area (Å²) in [6.45, 7) is 0.955. The van der Waals surface area contributed by atoms with E-state index in [1.54, 1.807) is 0 Å². The van der Waals surface area contributed by atoms with E-state index in [4.69, 9.17) is 4.99 Å². The lowest BCUT2D eigenvalue weighted by Crippen LogP contribution is -2.06. The van der Waals surface area contributed by atoms with Crippen LogP contribution in [0.25, 0.3) is 0 Å². The fourth-order valence-electron chi connectivity index (χ4n) is 2.11. The summed E-state index contributed by atoms with van der Waals surface area (Å²) in [4.78, 5) is 4.71. The van der Waals surface area contributed by atoms with Crippen LogP contribution in [0.1, 0.15) is 37.7 Å². The van der Waals surface area contributed by atoms with Gasteiger partial charge in [-0.05, 0) is 49.8 Å². The topological polar surface area (TPSA) is 12.4 Å². The molecule has 1 aliphatic rings. The van der Waals surface area contributed by atoms with Crippen molar-refractivity contribution in [3.05, 3.63) is 34.3 Å². The van der Waals surface area contributed by atoms with Gasteiger partial charge in [0, 0.05) is 16.7 Å². The lowest BCUT2D eigenvalue weighted by Gasteiger charge is -2.12. The molecule has 1 aromatic rings. The minimum Gasteiger partial charge on any atom is -0.294 e. The minimum absolute atomic E-state index is 0.955. The predicted octanol–water partition coefficient (Wildman–Crippen LogP) is 4.40. The van der Waals surface area contributed by atoms with Crippen molar-refractivity contribution < 1.29 is 0 Å². The maximum Gasteiger partial charge on any atom is 0.0429 e. The van der Waals surface area contributed by atoms with Gasteiger partial charge in [-0.3, -0.25) is 4.99 Å². The standard InChI is InChI=1S/C14H18BrN/c15-13-8-6-12(7-9-13)10-11-16-14-4-2-1-3-5-14/h6-9H,1-5,10-11H2. The zero-order valence-electron chi connectivity index (χ0n) is 9.58. The molecule has 0 N–H and O–H groups in total. The van der Waals surface area contributed by atoms with E-state index in [9.17, 15) is 0 Å². The van der Waals surface area contributed by atoms with Crippen LogP contribution in [0.2, 0.25) is 0 Å². The second-order valence-electron chi connectivity index (χ2n) is 4.39. The largest absolute Gasteiger partial charge is 0.294 e. The number of halogens is 1. The first-order chi connectivity index (χ1) is 7.84. The maximum atomic E-state index is 4.71. The lowest BCUT2D eigenvalue weighted by atomic mass is 9.98. The van der Waals surface area contributed by atoms with Crippen LogP contribution in [0.15, 0.2) is 33.7 Å². The molecule has 1 aromatic carbocycles. The number of nitrogens with zero attached hydrogens (tertiary/aromatic N) is 1. The summed E-state index contributed by atoms with van der Waals surface area (Å²) in [5.74, 6) is 0. The highest BCUT2D eigenvalue weighted by atomic mass is 79.9. The third-order valence-electron chi connectivity index (χ3n) is 3.08. The van der Waals surface area contributed by atoms with Crippen molar-refractivity contribution >= 4 is 21.6 Å². The van der Waals surface area contributed by atoms with Gasteiger partial charge in [-0.2, -0.15) is 0 Å². The Morgan fingerprint density at radius 1 is 1.00 bits per heavy atom. The summed E-state index contributed by atoms with van der Waals surface area (Å²) in [5.41, 5.74) is 2.83. The minimum atomic E-state index is 0.955. The molecule has 86 valence electrons. The second-order valence-corrected chi connectivity index (χ2v) is 5.30. The number of hydrogen-bond acceptors (Lipinski definition) is 1. The van der Waals surface area contributed by atoms with E-state index >= 15 is 0 Å². The third kappa shape index (κ3) is 3.75. The fraction of sp³-hybridized carbons (Fsp3) is 0.500. The van der Waals surface area contributed by atoms with Crippen molar-refractivity contribution in [2.75, 3.05) is 6.54 Å². The van der Waals surface area contributed by atoms with Crippen molar-refractivity contribution in [3.63, 3.8) is 0 Å². The Labute approximate surface area is 106 Å². The average molecular weight is 280 g/mol. The number of aliphatic imine (C=N–C) groups is 1. The molecule has 0 spiro atoms. The van der Waals surface area contributed by atoms with Gasteiger partial charge in [0.25, 0.3) is 0 Å². The zero-order valence-corrected chi connectivity index (χ0v) is 11.2. The first-order valence-electron chi connectivity index (χ1n) is 6.11. The predicted molar refractivity (Wildman–Crippen MR) is 73.2 cm³/mol. The smallest absolute Gasteiger partial charge is 0.0429 e. The molecule has 1 aliphatic carbocycles. The maximum absolute atomic E-state index is 4.71. The van der Waals surface area contributed by atoms with E-state index in [1.165, 1.54) is 43.4 Å². The van der Waals surface area contributed by atoms with Crippen molar-refractivity contribution in [1.82, 2.24) is 0 Å². The van der Waals surface area contributed by atoms with Crippen LogP contribution in [0.4, 0.5) is 0 Å². The van der Waals surface area contributed by atoms with E-state index in [2.05, 4.69) is 40.2 Å². The molecule has 1 saturated carbocycles. The second kappa shape index (κ2) is 6.19. The van der Waals surface area contributed by atoms with E-state index in [1.807, 2.05) is 0 Å². The number of benzene rings is 1. The van der Waals surface area contributed by atoms with Crippen LogP contribution >= 0.6 is 15.9 Å². The Morgan fingerprint density at radius 2 is 1.69 bits per heavy atom. The summed E-state index contributed by atoms with van der Waals surface area (Å²) >= 11 is 3.45. The highest BCUT2D eigenvalue weighted by Gasteiger charge is 2.05. The Bertz CT molecular complexity index is 346. The molecule has 0 heterocycles. The Morgan fingerprint density at radius 3 is 2.38 bits per heavy atom. The Balaban J connectivity index is 1.80. The lowest BCUT2D eigenvalue weighted by molar-refractivity contribution is 0.662. The van der Waals surface area contributed by atoms with Gasteiger partial charge in [-0.15, -0.1) is 0 Å². The molecular formula is C14H18BrN. The van der Waals surface area contributed by atoms with E-state index in [0.29, 0.717) is 0 Å². The average Bonchev–Trinajstić information content (AvgIpc) is 2.33. The molecule has 16 heavy (non-hydrogen) atoms. The van der Waals surface area contributed by atoms with Gasteiger partial charge in [0.15, 0.2) is 0 Å². The van der Waals surface area contributed by atoms with Gasteiger partial charge in [0.05, 0.1) is 0 Å². The molecule has 2 rings (SSSR count). The molecule has 0 saturated heterocycles. The van der Waals surface area contributed by atoms with Gasteiger partial charge < -0.3 is 0 Å². The Kier molecular flexibility index (Phi) is 4.58. The first-order valence-corrected chi connectivity index (χ1v) is 6.90. The summed E-state index contributed by atoms with van der Waals surface area (Å²) in [5, 5.41) is 0. The molecule has 1 fully saturated rings. The summed E-state index contributed by atoms with van der Waals surface area (Å²) in [6.07, 6.45) is 7.62. The summed E-state index contributed by atoms with van der Waals surface area (Å²) in [6, 6.07) is 8.54. The van der Waals surface area contributed by atoms with Crippen molar-refractivity contribution in [1.29, 1.82) is 0 Å². The van der Waals surface area contributed by atoms with Crippen LogP contribution in [0.5, 0.6) is 0 Å². The van der Waals surface area contributed by atoms with Crippen molar-refractivity contribution in [2.24, 2.45) is 4.99 Å². The van der Waals surface area contributed by atoms with Gasteiger partial charge >= 0.3 is 0 Å². The van der Waals surface area contributed by atoms with Gasteiger partial charge in [-0.25, -0.2) is 0 Å². The normalized spacial score (nSPS) is 16.2. The third-order valence-corrected chi connectivity index (χ3v) is 3.61. The highest BCUT2D eigenvalue weighted by Crippen LogP contribution is 2.15. The van der Waals surface area contributed by atoms with Crippen molar-refractivity contribution in [2.45, 2.75) is 38.5 Å². The van der Waals surface area contributed by atoms with E-state index < -0.39 is 0 Å². The molecule has 1 nitrogen and oxygen atoms in total. The fourth-order valence-corrected chi connectivity index (χ4v) is 2.38. The highest BCUT2D eigenvalue weighted by molar-refractivity contribution is 9.10. The molecule has 0 radical (unpaired) electrons. The van der Waals surface area contributed by atoms with Crippen molar-refractivity contribution in [3.8, 4) is 0 Å². The SMILES string of the molecule is Brc1ccc(CCN=C2CCCCC2)cc1. The van der Waals surface area contributed by atoms with Gasteiger partial charge in [0.1, 0.15) is 0 Å². The molecule has 0 bridgehead atoms. The molecule has 0 aliphatic heterocycles. The monoisotopic (exact) mass is 279 g/mol. The molecule has 2 heteroatoms. The zero-order chi connectivity index (χ0) is 11.2. The molecule has 0 amide bonds. The molecule has 0 unspecified atom stereocenters. The molecular weight excluding hydrogens is 262 g/mol. The van der Waals surface area contributed by atoms with E-state index in [-0.39, 0.29) is 0 Å². The first kappa shape index (κ1) is 11.8. The number of rotatable bonds is 3. The molecule has 0 aromatic heterocycles. The van der Waals surface area contributed by atoms with Gasteiger partial charge in [-0.1, -0.05) is 34.5 Å².